The molecule has 0 aromatic carbocycles. The molecular weight excluding hydrogens is 162 g/mol. The fourth-order valence-electron chi connectivity index (χ4n) is 1.52. The maximum atomic E-state index is 11.4. The monoisotopic (exact) mass is 173 g/mol. The molecule has 0 spiro atoms. The van der Waals surface area contributed by atoms with Crippen molar-refractivity contribution >= 4 is 6.08 Å². The zero-order valence-electron chi connectivity index (χ0n) is 7.50. The summed E-state index contributed by atoms with van der Waals surface area (Å²) >= 11 is 0. The summed E-state index contributed by atoms with van der Waals surface area (Å²) < 4.78 is 0. The Morgan fingerprint density at radius 3 is 3.15 bits per heavy atom. The fourth-order valence-corrected chi connectivity index (χ4v) is 1.52. The molecule has 0 saturated carbocycles. The Kier molecular flexibility index (Phi) is 1.89. The van der Waals surface area contributed by atoms with E-state index in [1.165, 1.54) is 0 Å². The Balaban J connectivity index is 2.69. The van der Waals surface area contributed by atoms with E-state index in [0.717, 1.165) is 23.1 Å². The van der Waals surface area contributed by atoms with Gasteiger partial charge in [-0.25, -0.2) is 0 Å². The molecule has 0 saturated heterocycles. The second-order valence-electron chi connectivity index (χ2n) is 3.24. The highest BCUT2D eigenvalue weighted by atomic mass is 16.1. The molecule has 2 rings (SSSR count). The van der Waals surface area contributed by atoms with Gasteiger partial charge < -0.3 is 4.98 Å². The average Bonchev–Trinajstić information content (AvgIpc) is 2.28. The van der Waals surface area contributed by atoms with E-state index >= 15 is 0 Å². The van der Waals surface area contributed by atoms with Crippen LogP contribution < -0.4 is 5.56 Å². The topological polar surface area (TPSA) is 32.9 Å². The third-order valence-electron chi connectivity index (χ3n) is 2.18. The zero-order valence-corrected chi connectivity index (χ0v) is 7.50. The Morgan fingerprint density at radius 2 is 2.31 bits per heavy atom. The second-order valence-corrected chi connectivity index (χ2v) is 3.24. The molecule has 2 heteroatoms. The van der Waals surface area contributed by atoms with Gasteiger partial charge in [0.1, 0.15) is 0 Å². The van der Waals surface area contributed by atoms with Crippen molar-refractivity contribution in [2.75, 3.05) is 0 Å². The summed E-state index contributed by atoms with van der Waals surface area (Å²) in [5.41, 5.74) is 3.01. The number of hydrogen-bond donors (Lipinski definition) is 1. The smallest absolute Gasteiger partial charge is 0.255 e. The summed E-state index contributed by atoms with van der Waals surface area (Å²) in [4.78, 5) is 14.1. The Morgan fingerprint density at radius 1 is 1.46 bits per heavy atom. The summed E-state index contributed by atoms with van der Waals surface area (Å²) in [6, 6.07) is 1.95. The number of pyridine rings is 1. The van der Waals surface area contributed by atoms with Crippen LogP contribution in [0, 0.1) is 0 Å². The minimum atomic E-state index is 0.000509. The summed E-state index contributed by atoms with van der Waals surface area (Å²) in [5.74, 6) is 0. The lowest BCUT2D eigenvalue weighted by atomic mass is 10.1. The Labute approximate surface area is 76.6 Å². The van der Waals surface area contributed by atoms with Crippen molar-refractivity contribution in [2.24, 2.45) is 0 Å². The van der Waals surface area contributed by atoms with Crippen molar-refractivity contribution in [1.29, 1.82) is 0 Å². The first-order valence-corrected chi connectivity index (χ1v) is 4.33. The van der Waals surface area contributed by atoms with E-state index in [1.54, 1.807) is 6.20 Å². The normalized spacial score (nSPS) is 14.7. The third-order valence-corrected chi connectivity index (χ3v) is 2.18. The second kappa shape index (κ2) is 3.05. The highest BCUT2D eigenvalue weighted by molar-refractivity contribution is 5.59. The molecule has 0 amide bonds. The van der Waals surface area contributed by atoms with E-state index in [0.29, 0.717) is 0 Å². The molecule has 0 bridgehead atoms. The van der Waals surface area contributed by atoms with E-state index in [4.69, 9.17) is 0 Å². The van der Waals surface area contributed by atoms with E-state index in [2.05, 4.69) is 11.1 Å². The number of rotatable bonds is 0. The van der Waals surface area contributed by atoms with Crippen LogP contribution in [0.5, 0.6) is 0 Å². The quantitative estimate of drug-likeness (QED) is 0.638. The van der Waals surface area contributed by atoms with E-state index in [9.17, 15) is 4.79 Å². The average molecular weight is 173 g/mol. The largest absolute Gasteiger partial charge is 0.329 e. The molecule has 1 aromatic heterocycles. The summed E-state index contributed by atoms with van der Waals surface area (Å²) in [5, 5.41) is 0. The molecular formula is C11H11NO. The van der Waals surface area contributed by atoms with Crippen molar-refractivity contribution in [3.63, 3.8) is 0 Å². The van der Waals surface area contributed by atoms with Crippen molar-refractivity contribution < 1.29 is 0 Å². The highest BCUT2D eigenvalue weighted by Crippen LogP contribution is 2.14. The van der Waals surface area contributed by atoms with Crippen LogP contribution in [0.2, 0.25) is 0 Å². The first kappa shape index (κ1) is 8.05. The number of H-pyrrole nitrogens is 1. The predicted octanol–water partition coefficient (Wildman–Crippen LogP) is 1.89. The SMILES string of the molecule is CC1=Cc2c(cc[nH]c2=O)CC=C1. The molecule has 1 N–H and O–H groups in total. The predicted molar refractivity (Wildman–Crippen MR) is 53.6 cm³/mol. The van der Waals surface area contributed by atoms with Gasteiger partial charge in [0.15, 0.2) is 0 Å². The lowest BCUT2D eigenvalue weighted by Gasteiger charge is -1.99. The molecule has 1 aromatic rings. The van der Waals surface area contributed by atoms with Crippen LogP contribution in [-0.4, -0.2) is 4.98 Å². The Hall–Kier alpha value is -1.57. The third kappa shape index (κ3) is 1.47. The molecule has 1 aliphatic carbocycles. The van der Waals surface area contributed by atoms with E-state index < -0.39 is 0 Å². The number of allylic oxidation sites excluding steroid dienone is 3. The standard InChI is InChI=1S/C11H11NO/c1-8-3-2-4-9-5-6-12-11(13)10(9)7-8/h2-3,5-7H,4H2,1H3,(H,12,13). The van der Waals surface area contributed by atoms with Gasteiger partial charge in [-0.1, -0.05) is 17.7 Å². The van der Waals surface area contributed by atoms with Crippen molar-refractivity contribution in [2.45, 2.75) is 13.3 Å². The number of fused-ring (bicyclic) bond motifs is 1. The van der Waals surface area contributed by atoms with Crippen LogP contribution in [0.15, 0.2) is 34.8 Å². The molecule has 66 valence electrons. The van der Waals surface area contributed by atoms with Crippen LogP contribution in [0.3, 0.4) is 0 Å². The van der Waals surface area contributed by atoms with Crippen LogP contribution >= 0.6 is 0 Å². The summed E-state index contributed by atoms with van der Waals surface area (Å²) in [6.45, 7) is 2.00. The first-order valence-electron chi connectivity index (χ1n) is 4.33. The minimum Gasteiger partial charge on any atom is -0.329 e. The maximum Gasteiger partial charge on any atom is 0.255 e. The van der Waals surface area contributed by atoms with Gasteiger partial charge >= 0.3 is 0 Å². The first-order chi connectivity index (χ1) is 6.27. The van der Waals surface area contributed by atoms with Gasteiger partial charge in [0.2, 0.25) is 0 Å². The molecule has 2 nitrogen and oxygen atoms in total. The highest BCUT2D eigenvalue weighted by Gasteiger charge is 2.05. The molecule has 0 aliphatic heterocycles. The van der Waals surface area contributed by atoms with Crippen LogP contribution in [0.25, 0.3) is 6.08 Å². The van der Waals surface area contributed by atoms with Crippen molar-refractivity contribution in [3.8, 4) is 0 Å². The molecule has 0 unspecified atom stereocenters. The molecule has 0 fully saturated rings. The summed E-state index contributed by atoms with van der Waals surface area (Å²) in [6.07, 6.45) is 8.59. The molecule has 0 atom stereocenters. The fraction of sp³-hybridized carbons (Fsp3) is 0.182. The van der Waals surface area contributed by atoms with Gasteiger partial charge in [-0.05, 0) is 31.1 Å². The number of aromatic nitrogens is 1. The molecule has 1 aliphatic rings. The van der Waals surface area contributed by atoms with E-state index in [1.807, 2.05) is 25.1 Å². The molecule has 0 radical (unpaired) electrons. The number of hydrogen-bond acceptors (Lipinski definition) is 1. The lowest BCUT2D eigenvalue weighted by molar-refractivity contribution is 1.15. The minimum absolute atomic E-state index is 0.000509. The van der Waals surface area contributed by atoms with Gasteiger partial charge in [-0.2, -0.15) is 0 Å². The molecule has 1 heterocycles. The zero-order chi connectivity index (χ0) is 9.26. The van der Waals surface area contributed by atoms with Crippen molar-refractivity contribution in [3.05, 3.63) is 51.5 Å². The van der Waals surface area contributed by atoms with Crippen molar-refractivity contribution in [1.82, 2.24) is 4.98 Å². The van der Waals surface area contributed by atoms with Gasteiger partial charge in [0.25, 0.3) is 5.56 Å². The van der Waals surface area contributed by atoms with Gasteiger partial charge in [0, 0.05) is 11.8 Å². The van der Waals surface area contributed by atoms with E-state index in [-0.39, 0.29) is 5.56 Å². The number of nitrogens with one attached hydrogen (secondary N) is 1. The van der Waals surface area contributed by atoms with Crippen LogP contribution in [0.1, 0.15) is 18.1 Å². The van der Waals surface area contributed by atoms with Gasteiger partial charge in [-0.15, -0.1) is 0 Å². The maximum absolute atomic E-state index is 11.4. The van der Waals surface area contributed by atoms with Gasteiger partial charge in [-0.3, -0.25) is 4.79 Å². The van der Waals surface area contributed by atoms with Crippen LogP contribution in [0.4, 0.5) is 0 Å². The lowest BCUT2D eigenvalue weighted by Crippen LogP contribution is -2.10. The number of aromatic amines is 1. The Bertz CT molecular complexity index is 438. The van der Waals surface area contributed by atoms with Gasteiger partial charge in [0.05, 0.1) is 0 Å². The summed E-state index contributed by atoms with van der Waals surface area (Å²) in [7, 11) is 0. The van der Waals surface area contributed by atoms with Crippen LogP contribution in [-0.2, 0) is 6.42 Å². The molecule has 13 heavy (non-hydrogen) atoms.